The van der Waals surface area contributed by atoms with Gasteiger partial charge in [-0.05, 0) is 32.3 Å². The largest absolute Gasteiger partial charge is 0.478 e. The first-order valence-electron chi connectivity index (χ1n) is 5.06. The van der Waals surface area contributed by atoms with Crippen LogP contribution in [0.2, 0.25) is 0 Å². The van der Waals surface area contributed by atoms with Crippen LogP contribution in [0.15, 0.2) is 18.5 Å². The molecular weight excluding hydrogens is 192 g/mol. The van der Waals surface area contributed by atoms with Gasteiger partial charge in [-0.2, -0.15) is 0 Å². The van der Waals surface area contributed by atoms with Gasteiger partial charge in [-0.25, -0.2) is 4.79 Å². The van der Waals surface area contributed by atoms with Crippen molar-refractivity contribution in [3.05, 3.63) is 24.0 Å². The van der Waals surface area contributed by atoms with Gasteiger partial charge in [-0.15, -0.1) is 0 Å². The molecule has 0 spiro atoms. The summed E-state index contributed by atoms with van der Waals surface area (Å²) in [6, 6.07) is 1.72. The highest BCUT2D eigenvalue weighted by Gasteiger charge is 2.32. The van der Waals surface area contributed by atoms with E-state index in [9.17, 15) is 4.79 Å². The number of carboxylic acids is 1. The summed E-state index contributed by atoms with van der Waals surface area (Å²) in [5, 5.41) is 12.3. The number of anilines is 1. The summed E-state index contributed by atoms with van der Waals surface area (Å²) >= 11 is 0. The molecule has 0 aromatic carbocycles. The van der Waals surface area contributed by atoms with Gasteiger partial charge in [0.2, 0.25) is 0 Å². The van der Waals surface area contributed by atoms with Crippen LogP contribution in [-0.2, 0) is 0 Å². The van der Waals surface area contributed by atoms with Gasteiger partial charge in [-0.3, -0.25) is 4.98 Å². The van der Waals surface area contributed by atoms with E-state index in [0.29, 0.717) is 5.69 Å². The minimum Gasteiger partial charge on any atom is -0.478 e. The van der Waals surface area contributed by atoms with Crippen molar-refractivity contribution in [2.75, 3.05) is 5.32 Å². The molecule has 0 amide bonds. The van der Waals surface area contributed by atoms with E-state index in [-0.39, 0.29) is 11.1 Å². The number of nitrogens with one attached hydrogen (secondary N) is 1. The second kappa shape index (κ2) is 3.53. The number of carbonyl (C=O) groups is 1. The molecule has 0 radical (unpaired) electrons. The number of hydrogen-bond donors (Lipinski definition) is 2. The van der Waals surface area contributed by atoms with Gasteiger partial charge >= 0.3 is 5.97 Å². The predicted molar refractivity (Wildman–Crippen MR) is 57.1 cm³/mol. The number of pyridine rings is 1. The Bertz CT molecular complexity index is 386. The first-order valence-corrected chi connectivity index (χ1v) is 5.06. The minimum atomic E-state index is -0.937. The van der Waals surface area contributed by atoms with E-state index < -0.39 is 5.97 Å². The lowest BCUT2D eigenvalue weighted by Crippen LogP contribution is -2.42. The molecule has 15 heavy (non-hydrogen) atoms. The molecule has 80 valence electrons. The molecule has 1 aromatic heterocycles. The second-order valence-electron chi connectivity index (χ2n) is 4.27. The van der Waals surface area contributed by atoms with Crippen molar-refractivity contribution in [2.24, 2.45) is 0 Å². The topological polar surface area (TPSA) is 62.2 Å². The molecule has 4 heteroatoms. The monoisotopic (exact) mass is 206 g/mol. The molecule has 2 N–H and O–H groups in total. The van der Waals surface area contributed by atoms with E-state index in [1.165, 1.54) is 12.6 Å². The van der Waals surface area contributed by atoms with E-state index in [4.69, 9.17) is 5.11 Å². The van der Waals surface area contributed by atoms with Crippen LogP contribution in [0.1, 0.15) is 36.5 Å². The Kier molecular flexibility index (Phi) is 2.34. The van der Waals surface area contributed by atoms with Gasteiger partial charge in [0.05, 0.1) is 5.69 Å². The van der Waals surface area contributed by atoms with Crippen LogP contribution >= 0.6 is 0 Å². The van der Waals surface area contributed by atoms with Crippen LogP contribution in [0.25, 0.3) is 0 Å². The summed E-state index contributed by atoms with van der Waals surface area (Å²) in [7, 11) is 0. The van der Waals surface area contributed by atoms with Crippen LogP contribution < -0.4 is 5.32 Å². The zero-order valence-corrected chi connectivity index (χ0v) is 8.66. The van der Waals surface area contributed by atoms with E-state index in [0.717, 1.165) is 12.8 Å². The van der Waals surface area contributed by atoms with Crippen molar-refractivity contribution in [1.82, 2.24) is 4.98 Å². The SMILES string of the molecule is CC1(Nc2ccncc2C(=O)O)CCC1. The fourth-order valence-electron chi connectivity index (χ4n) is 1.83. The van der Waals surface area contributed by atoms with Crippen molar-refractivity contribution in [3.63, 3.8) is 0 Å². The predicted octanol–water partition coefficient (Wildman–Crippen LogP) is 2.13. The Morgan fingerprint density at radius 1 is 1.60 bits per heavy atom. The molecule has 1 saturated carbocycles. The van der Waals surface area contributed by atoms with Gasteiger partial charge in [-0.1, -0.05) is 0 Å². The smallest absolute Gasteiger partial charge is 0.339 e. The van der Waals surface area contributed by atoms with E-state index >= 15 is 0 Å². The lowest BCUT2D eigenvalue weighted by molar-refractivity contribution is 0.0697. The number of aromatic carboxylic acids is 1. The highest BCUT2D eigenvalue weighted by atomic mass is 16.4. The lowest BCUT2D eigenvalue weighted by Gasteiger charge is -2.40. The quantitative estimate of drug-likeness (QED) is 0.795. The number of aromatic nitrogens is 1. The maximum absolute atomic E-state index is 10.9. The molecule has 1 aliphatic rings. The average Bonchev–Trinajstić information content (AvgIpc) is 2.16. The summed E-state index contributed by atoms with van der Waals surface area (Å²) in [6.45, 7) is 2.11. The van der Waals surface area contributed by atoms with Gasteiger partial charge < -0.3 is 10.4 Å². The van der Waals surface area contributed by atoms with E-state index in [1.54, 1.807) is 12.3 Å². The maximum atomic E-state index is 10.9. The maximum Gasteiger partial charge on any atom is 0.339 e. The van der Waals surface area contributed by atoms with Crippen molar-refractivity contribution in [1.29, 1.82) is 0 Å². The number of hydrogen-bond acceptors (Lipinski definition) is 3. The van der Waals surface area contributed by atoms with Crippen molar-refractivity contribution < 1.29 is 9.90 Å². The first-order chi connectivity index (χ1) is 7.11. The molecule has 0 aliphatic heterocycles. The molecule has 0 atom stereocenters. The zero-order chi connectivity index (χ0) is 10.9. The van der Waals surface area contributed by atoms with Crippen LogP contribution in [0.5, 0.6) is 0 Å². The first kappa shape index (κ1) is 9.96. The third-order valence-corrected chi connectivity index (χ3v) is 2.95. The van der Waals surface area contributed by atoms with Crippen LogP contribution in [-0.4, -0.2) is 21.6 Å². The Morgan fingerprint density at radius 2 is 2.33 bits per heavy atom. The van der Waals surface area contributed by atoms with Crippen molar-refractivity contribution in [3.8, 4) is 0 Å². The molecule has 1 aliphatic carbocycles. The molecule has 1 fully saturated rings. The molecule has 0 saturated heterocycles. The Morgan fingerprint density at radius 3 is 2.87 bits per heavy atom. The highest BCUT2D eigenvalue weighted by molar-refractivity contribution is 5.93. The molecule has 1 aromatic rings. The summed E-state index contributed by atoms with van der Waals surface area (Å²) < 4.78 is 0. The Labute approximate surface area is 88.3 Å². The molecule has 0 unspecified atom stereocenters. The summed E-state index contributed by atoms with van der Waals surface area (Å²) in [5.74, 6) is -0.937. The molecule has 0 bridgehead atoms. The Balaban J connectivity index is 2.23. The fourth-order valence-corrected chi connectivity index (χ4v) is 1.83. The number of carboxylic acid groups (broad SMARTS) is 1. The molecule has 1 heterocycles. The van der Waals surface area contributed by atoms with E-state index in [1.807, 2.05) is 0 Å². The van der Waals surface area contributed by atoms with Gasteiger partial charge in [0, 0.05) is 17.9 Å². The lowest BCUT2D eigenvalue weighted by atomic mass is 9.78. The number of rotatable bonds is 3. The van der Waals surface area contributed by atoms with Gasteiger partial charge in [0.15, 0.2) is 0 Å². The third-order valence-electron chi connectivity index (χ3n) is 2.95. The number of nitrogens with zero attached hydrogens (tertiary/aromatic N) is 1. The Hall–Kier alpha value is -1.58. The van der Waals surface area contributed by atoms with Gasteiger partial charge in [0.1, 0.15) is 5.56 Å². The normalized spacial score (nSPS) is 17.9. The standard InChI is InChI=1S/C11H14N2O2/c1-11(4-2-5-11)13-9-3-6-12-7-8(9)10(14)15/h3,6-7H,2,4-5H2,1H3,(H,12,13)(H,14,15). The fraction of sp³-hybridized carbons (Fsp3) is 0.455. The second-order valence-corrected chi connectivity index (χ2v) is 4.27. The molecular formula is C11H14N2O2. The molecule has 4 nitrogen and oxygen atoms in total. The van der Waals surface area contributed by atoms with E-state index in [2.05, 4.69) is 17.2 Å². The highest BCUT2D eigenvalue weighted by Crippen LogP contribution is 2.35. The van der Waals surface area contributed by atoms with Crippen molar-refractivity contribution in [2.45, 2.75) is 31.7 Å². The summed E-state index contributed by atoms with van der Waals surface area (Å²) in [4.78, 5) is 14.8. The van der Waals surface area contributed by atoms with Crippen LogP contribution in [0.4, 0.5) is 5.69 Å². The van der Waals surface area contributed by atoms with Crippen LogP contribution in [0.3, 0.4) is 0 Å². The van der Waals surface area contributed by atoms with Gasteiger partial charge in [0.25, 0.3) is 0 Å². The van der Waals surface area contributed by atoms with Crippen LogP contribution in [0, 0.1) is 0 Å². The molecule has 2 rings (SSSR count). The summed E-state index contributed by atoms with van der Waals surface area (Å²) in [6.07, 6.45) is 6.38. The average molecular weight is 206 g/mol. The summed E-state index contributed by atoms with van der Waals surface area (Å²) in [5.41, 5.74) is 0.969. The minimum absolute atomic E-state index is 0.0611. The van der Waals surface area contributed by atoms with Crippen molar-refractivity contribution >= 4 is 11.7 Å². The third kappa shape index (κ3) is 1.93. The zero-order valence-electron chi connectivity index (χ0n) is 8.66.